The molecule has 4 aromatic rings. The van der Waals surface area contributed by atoms with Crippen LogP contribution < -0.4 is 0 Å². The van der Waals surface area contributed by atoms with E-state index in [1.165, 1.54) is 11.3 Å². The van der Waals surface area contributed by atoms with Crippen LogP contribution in [0.2, 0.25) is 10.0 Å². The van der Waals surface area contributed by atoms with Gasteiger partial charge in [-0.25, -0.2) is 0 Å². The van der Waals surface area contributed by atoms with Gasteiger partial charge in [-0.1, -0.05) is 52.7 Å². The molecule has 0 saturated heterocycles. The number of rotatable bonds is 3. The zero-order valence-electron chi connectivity index (χ0n) is 12.2. The van der Waals surface area contributed by atoms with Crippen LogP contribution in [0.3, 0.4) is 0 Å². The van der Waals surface area contributed by atoms with E-state index in [0.717, 1.165) is 26.1 Å². The molecule has 0 radical (unpaired) electrons. The number of hydrogen-bond donors (Lipinski definition) is 0. The second kappa shape index (κ2) is 6.36. The Labute approximate surface area is 152 Å². The summed E-state index contributed by atoms with van der Waals surface area (Å²) in [6, 6.07) is 15.1. The normalized spacial score (nSPS) is 11.6. The first-order valence-electron chi connectivity index (χ1n) is 7.11. The van der Waals surface area contributed by atoms with Crippen molar-refractivity contribution in [1.29, 1.82) is 0 Å². The third-order valence-electron chi connectivity index (χ3n) is 3.40. The Kier molecular flexibility index (Phi) is 4.06. The first-order valence-corrected chi connectivity index (χ1v) is 8.68. The maximum Gasteiger partial charge on any atom is 0.235 e. The zero-order chi connectivity index (χ0) is 16.5. The molecule has 4 nitrogen and oxygen atoms in total. The lowest BCUT2D eigenvalue weighted by Gasteiger charge is -1.96. The Morgan fingerprint density at radius 2 is 1.50 bits per heavy atom. The molecule has 0 aliphatic rings. The highest BCUT2D eigenvalue weighted by molar-refractivity contribution is 7.17. The van der Waals surface area contributed by atoms with Crippen molar-refractivity contribution in [3.63, 3.8) is 0 Å². The van der Waals surface area contributed by atoms with E-state index in [1.807, 2.05) is 60.7 Å². The van der Waals surface area contributed by atoms with Gasteiger partial charge in [0.2, 0.25) is 4.96 Å². The average molecular weight is 373 g/mol. The maximum absolute atomic E-state index is 5.93. The molecule has 0 N–H and O–H groups in total. The smallest absolute Gasteiger partial charge is 0.182 e. The summed E-state index contributed by atoms with van der Waals surface area (Å²) in [7, 11) is 0. The van der Waals surface area contributed by atoms with E-state index >= 15 is 0 Å². The molecule has 0 aliphatic carbocycles. The van der Waals surface area contributed by atoms with Gasteiger partial charge >= 0.3 is 0 Å². The zero-order valence-corrected chi connectivity index (χ0v) is 14.6. The summed E-state index contributed by atoms with van der Waals surface area (Å²) in [5, 5.41) is 15.2. The van der Waals surface area contributed by atoms with Gasteiger partial charge in [-0.15, -0.1) is 10.2 Å². The van der Waals surface area contributed by atoms with Crippen LogP contribution in [0.15, 0.2) is 48.5 Å². The molecule has 2 aromatic carbocycles. The van der Waals surface area contributed by atoms with Crippen molar-refractivity contribution in [3.8, 4) is 11.4 Å². The van der Waals surface area contributed by atoms with Crippen molar-refractivity contribution in [2.75, 3.05) is 0 Å². The molecule has 0 unspecified atom stereocenters. The third kappa shape index (κ3) is 3.06. The van der Waals surface area contributed by atoms with Gasteiger partial charge in [-0.05, 0) is 48.0 Å². The van der Waals surface area contributed by atoms with Gasteiger partial charge in [0.05, 0.1) is 0 Å². The largest absolute Gasteiger partial charge is 0.235 e. The van der Waals surface area contributed by atoms with Gasteiger partial charge in [0, 0.05) is 15.6 Å². The second-order valence-electron chi connectivity index (χ2n) is 5.05. The maximum atomic E-state index is 5.93. The number of fused-ring (bicyclic) bond motifs is 1. The molecule has 0 amide bonds. The summed E-state index contributed by atoms with van der Waals surface area (Å²) in [4.78, 5) is 0.746. The standard InChI is InChI=1S/C17H10Cl2N4S/c18-13-6-1-11(2-7-13)3-10-15-22-23-16(20-21-17(23)24-15)12-4-8-14(19)9-5-12/h1-10H. The minimum absolute atomic E-state index is 0.685. The molecule has 2 aromatic heterocycles. The fourth-order valence-corrected chi connectivity index (χ4v) is 3.21. The van der Waals surface area contributed by atoms with Gasteiger partial charge in [0.1, 0.15) is 5.01 Å². The SMILES string of the molecule is Clc1ccc(C=Cc2nn3c(-c4ccc(Cl)cc4)nnc3s2)cc1. The van der Waals surface area contributed by atoms with Crippen LogP contribution in [0.1, 0.15) is 10.6 Å². The lowest BCUT2D eigenvalue weighted by atomic mass is 10.2. The van der Waals surface area contributed by atoms with Crippen molar-refractivity contribution in [3.05, 3.63) is 69.1 Å². The molecule has 0 fully saturated rings. The predicted molar refractivity (Wildman–Crippen MR) is 99.5 cm³/mol. The van der Waals surface area contributed by atoms with Crippen LogP contribution in [0.4, 0.5) is 0 Å². The van der Waals surface area contributed by atoms with Gasteiger partial charge in [0.15, 0.2) is 5.82 Å². The van der Waals surface area contributed by atoms with E-state index in [1.54, 1.807) is 4.52 Å². The number of benzene rings is 2. The van der Waals surface area contributed by atoms with Crippen molar-refractivity contribution in [1.82, 2.24) is 19.8 Å². The summed E-state index contributed by atoms with van der Waals surface area (Å²) < 4.78 is 1.75. The van der Waals surface area contributed by atoms with Crippen molar-refractivity contribution in [2.24, 2.45) is 0 Å². The van der Waals surface area contributed by atoms with Crippen molar-refractivity contribution >= 4 is 51.7 Å². The molecular weight excluding hydrogens is 363 g/mol. The summed E-state index contributed by atoms with van der Waals surface area (Å²) in [6.45, 7) is 0. The van der Waals surface area contributed by atoms with E-state index in [4.69, 9.17) is 23.2 Å². The Bertz CT molecular complexity index is 1020. The monoisotopic (exact) mass is 372 g/mol. The Hall–Kier alpha value is -2.21. The molecule has 0 aliphatic heterocycles. The minimum Gasteiger partial charge on any atom is -0.182 e. The molecule has 2 heterocycles. The molecular formula is C17H10Cl2N4S. The van der Waals surface area contributed by atoms with Crippen molar-refractivity contribution < 1.29 is 0 Å². The molecule has 24 heavy (non-hydrogen) atoms. The molecule has 4 rings (SSSR count). The fraction of sp³-hybridized carbons (Fsp3) is 0. The number of aromatic nitrogens is 4. The van der Waals surface area contributed by atoms with Crippen LogP contribution >= 0.6 is 34.5 Å². The average Bonchev–Trinajstić information content (AvgIpc) is 3.15. The third-order valence-corrected chi connectivity index (χ3v) is 4.77. The van der Waals surface area contributed by atoms with Crippen LogP contribution in [0.5, 0.6) is 0 Å². The van der Waals surface area contributed by atoms with Crippen LogP contribution in [-0.2, 0) is 0 Å². The van der Waals surface area contributed by atoms with Gasteiger partial charge in [-0.2, -0.15) is 9.61 Å². The first kappa shape index (κ1) is 15.3. The highest BCUT2D eigenvalue weighted by Crippen LogP contribution is 2.24. The second-order valence-corrected chi connectivity index (χ2v) is 6.91. The lowest BCUT2D eigenvalue weighted by molar-refractivity contribution is 0.960. The molecule has 0 bridgehead atoms. The predicted octanol–water partition coefficient (Wildman–Crippen LogP) is 5.33. The van der Waals surface area contributed by atoms with E-state index in [9.17, 15) is 0 Å². The van der Waals surface area contributed by atoms with E-state index in [0.29, 0.717) is 10.8 Å². The van der Waals surface area contributed by atoms with Gasteiger partial charge < -0.3 is 0 Å². The van der Waals surface area contributed by atoms with E-state index in [-0.39, 0.29) is 0 Å². The van der Waals surface area contributed by atoms with E-state index in [2.05, 4.69) is 15.3 Å². The number of halogens is 2. The molecule has 0 saturated carbocycles. The minimum atomic E-state index is 0.685. The Balaban J connectivity index is 1.66. The van der Waals surface area contributed by atoms with Crippen LogP contribution in [0, 0.1) is 0 Å². The van der Waals surface area contributed by atoms with Gasteiger partial charge in [-0.3, -0.25) is 0 Å². The van der Waals surface area contributed by atoms with Crippen LogP contribution in [-0.4, -0.2) is 19.8 Å². The van der Waals surface area contributed by atoms with E-state index < -0.39 is 0 Å². The topological polar surface area (TPSA) is 43.1 Å². The molecule has 0 atom stereocenters. The summed E-state index contributed by atoms with van der Waals surface area (Å²) in [5.74, 6) is 0.698. The fourth-order valence-electron chi connectivity index (χ4n) is 2.22. The Morgan fingerprint density at radius 1 is 0.833 bits per heavy atom. The lowest BCUT2D eigenvalue weighted by Crippen LogP contribution is -1.90. The highest BCUT2D eigenvalue weighted by Gasteiger charge is 2.12. The van der Waals surface area contributed by atoms with Crippen molar-refractivity contribution in [2.45, 2.75) is 0 Å². The number of nitrogens with zero attached hydrogens (tertiary/aromatic N) is 4. The van der Waals surface area contributed by atoms with Crippen LogP contribution in [0.25, 0.3) is 28.5 Å². The summed E-state index contributed by atoms with van der Waals surface area (Å²) >= 11 is 13.3. The first-order chi connectivity index (χ1) is 11.7. The summed E-state index contributed by atoms with van der Waals surface area (Å²) in [5.41, 5.74) is 1.98. The number of hydrogen-bond acceptors (Lipinski definition) is 4. The Morgan fingerprint density at radius 3 is 2.21 bits per heavy atom. The summed E-state index contributed by atoms with van der Waals surface area (Å²) in [6.07, 6.45) is 3.94. The quantitative estimate of drug-likeness (QED) is 0.488. The molecule has 7 heteroatoms. The highest BCUT2D eigenvalue weighted by atomic mass is 35.5. The molecule has 118 valence electrons. The van der Waals surface area contributed by atoms with Gasteiger partial charge in [0.25, 0.3) is 0 Å². The molecule has 0 spiro atoms.